The van der Waals surface area contributed by atoms with E-state index in [4.69, 9.17) is 0 Å². The van der Waals surface area contributed by atoms with Crippen molar-refractivity contribution in [2.24, 2.45) is 11.3 Å². The van der Waals surface area contributed by atoms with Crippen LogP contribution in [0.4, 0.5) is 0 Å². The fourth-order valence-electron chi connectivity index (χ4n) is 3.13. The van der Waals surface area contributed by atoms with Gasteiger partial charge < -0.3 is 10.2 Å². The van der Waals surface area contributed by atoms with Crippen LogP contribution in [-0.4, -0.2) is 38.1 Å². The predicted octanol–water partition coefficient (Wildman–Crippen LogP) is 2.35. The molecule has 0 amide bonds. The minimum absolute atomic E-state index is 0.465. The van der Waals surface area contributed by atoms with E-state index in [2.05, 4.69) is 45.1 Å². The molecule has 0 bridgehead atoms. The Hall–Kier alpha value is -0.0800. The van der Waals surface area contributed by atoms with E-state index in [0.29, 0.717) is 11.5 Å². The Bertz CT molecular complexity index is 189. The first kappa shape index (κ1) is 13.0. The topological polar surface area (TPSA) is 15.3 Å². The van der Waals surface area contributed by atoms with Gasteiger partial charge in [-0.15, -0.1) is 0 Å². The van der Waals surface area contributed by atoms with Gasteiger partial charge in [-0.3, -0.25) is 0 Å². The van der Waals surface area contributed by atoms with Crippen LogP contribution >= 0.6 is 0 Å². The smallest absolute Gasteiger partial charge is 0.0156 e. The third kappa shape index (κ3) is 3.18. The molecule has 0 aromatic rings. The molecule has 0 radical (unpaired) electrons. The van der Waals surface area contributed by atoms with Crippen molar-refractivity contribution >= 4 is 0 Å². The molecule has 1 aliphatic rings. The molecule has 1 rings (SSSR count). The first-order valence-corrected chi connectivity index (χ1v) is 6.37. The summed E-state index contributed by atoms with van der Waals surface area (Å²) in [6, 6.07) is 0.681. The molecule has 2 heteroatoms. The van der Waals surface area contributed by atoms with Gasteiger partial charge in [-0.05, 0) is 44.8 Å². The van der Waals surface area contributed by atoms with Gasteiger partial charge in [-0.25, -0.2) is 0 Å². The van der Waals surface area contributed by atoms with Crippen molar-refractivity contribution in [2.75, 3.05) is 27.2 Å². The standard InChI is InChI=1S/C13H28N2/c1-6-15(5)10-11-8-7-9-13(2,3)12(11)14-4/h11-12,14H,6-10H2,1-5H3. The summed E-state index contributed by atoms with van der Waals surface area (Å²) < 4.78 is 0. The number of rotatable bonds is 4. The van der Waals surface area contributed by atoms with Crippen molar-refractivity contribution in [1.29, 1.82) is 0 Å². The molecule has 1 fully saturated rings. The Labute approximate surface area is 95.4 Å². The summed E-state index contributed by atoms with van der Waals surface area (Å²) in [5.41, 5.74) is 0.465. The average molecular weight is 212 g/mol. The minimum atomic E-state index is 0.465. The van der Waals surface area contributed by atoms with Crippen LogP contribution in [0.25, 0.3) is 0 Å². The molecule has 0 aromatic heterocycles. The Kier molecular flexibility index (Phi) is 4.60. The molecule has 2 unspecified atom stereocenters. The number of nitrogens with zero attached hydrogens (tertiary/aromatic N) is 1. The van der Waals surface area contributed by atoms with E-state index < -0.39 is 0 Å². The van der Waals surface area contributed by atoms with Crippen LogP contribution in [0.15, 0.2) is 0 Å². The third-order valence-corrected chi connectivity index (χ3v) is 4.11. The Morgan fingerprint density at radius 2 is 2.07 bits per heavy atom. The van der Waals surface area contributed by atoms with E-state index in [1.54, 1.807) is 0 Å². The predicted molar refractivity (Wildman–Crippen MR) is 67.1 cm³/mol. The first-order valence-electron chi connectivity index (χ1n) is 6.37. The van der Waals surface area contributed by atoms with E-state index in [-0.39, 0.29) is 0 Å². The third-order valence-electron chi connectivity index (χ3n) is 4.11. The summed E-state index contributed by atoms with van der Waals surface area (Å²) in [7, 11) is 4.35. The van der Waals surface area contributed by atoms with Gasteiger partial charge in [0, 0.05) is 12.6 Å². The molecule has 0 heterocycles. The lowest BCUT2D eigenvalue weighted by molar-refractivity contribution is 0.0917. The molecular formula is C13H28N2. The Balaban J connectivity index is 2.61. The van der Waals surface area contributed by atoms with Crippen LogP contribution in [0.3, 0.4) is 0 Å². The van der Waals surface area contributed by atoms with Gasteiger partial charge in [0.15, 0.2) is 0 Å². The second-order valence-corrected chi connectivity index (χ2v) is 5.76. The summed E-state index contributed by atoms with van der Waals surface area (Å²) in [5.74, 6) is 0.823. The summed E-state index contributed by atoms with van der Waals surface area (Å²) in [6.45, 7) is 9.46. The van der Waals surface area contributed by atoms with Crippen molar-refractivity contribution in [1.82, 2.24) is 10.2 Å². The highest BCUT2D eigenvalue weighted by Crippen LogP contribution is 2.38. The van der Waals surface area contributed by atoms with Crippen molar-refractivity contribution in [3.63, 3.8) is 0 Å². The lowest BCUT2D eigenvalue weighted by Gasteiger charge is -2.45. The maximum atomic E-state index is 3.55. The number of hydrogen-bond donors (Lipinski definition) is 1. The highest BCUT2D eigenvalue weighted by atomic mass is 15.1. The molecule has 0 spiro atoms. The maximum absolute atomic E-state index is 3.55. The molecule has 1 aliphatic carbocycles. The van der Waals surface area contributed by atoms with Gasteiger partial charge in [-0.1, -0.05) is 27.2 Å². The van der Waals surface area contributed by atoms with Crippen molar-refractivity contribution in [2.45, 2.75) is 46.1 Å². The molecule has 0 aromatic carbocycles. The van der Waals surface area contributed by atoms with Gasteiger partial charge in [0.2, 0.25) is 0 Å². The van der Waals surface area contributed by atoms with E-state index in [1.165, 1.54) is 25.8 Å². The van der Waals surface area contributed by atoms with E-state index in [0.717, 1.165) is 12.5 Å². The molecule has 1 N–H and O–H groups in total. The van der Waals surface area contributed by atoms with Gasteiger partial charge in [0.1, 0.15) is 0 Å². The highest BCUT2D eigenvalue weighted by Gasteiger charge is 2.37. The molecule has 0 saturated heterocycles. The van der Waals surface area contributed by atoms with Gasteiger partial charge in [0.25, 0.3) is 0 Å². The molecule has 1 saturated carbocycles. The van der Waals surface area contributed by atoms with E-state index >= 15 is 0 Å². The summed E-state index contributed by atoms with van der Waals surface area (Å²) in [5, 5.41) is 3.55. The number of nitrogens with one attached hydrogen (secondary N) is 1. The van der Waals surface area contributed by atoms with Crippen molar-refractivity contribution < 1.29 is 0 Å². The Morgan fingerprint density at radius 3 is 2.60 bits per heavy atom. The number of hydrogen-bond acceptors (Lipinski definition) is 2. The van der Waals surface area contributed by atoms with Gasteiger partial charge >= 0.3 is 0 Å². The van der Waals surface area contributed by atoms with Crippen LogP contribution in [0.5, 0.6) is 0 Å². The van der Waals surface area contributed by atoms with E-state index in [1.807, 2.05) is 0 Å². The lowest BCUT2D eigenvalue weighted by atomic mass is 9.68. The quantitative estimate of drug-likeness (QED) is 0.769. The SMILES string of the molecule is CCN(C)CC1CCCC(C)(C)C1NC. The maximum Gasteiger partial charge on any atom is 0.0156 e. The largest absolute Gasteiger partial charge is 0.316 e. The normalized spacial score (nSPS) is 30.8. The van der Waals surface area contributed by atoms with Crippen LogP contribution in [-0.2, 0) is 0 Å². The second kappa shape index (κ2) is 5.31. The van der Waals surface area contributed by atoms with Crippen LogP contribution in [0, 0.1) is 11.3 Å². The molecule has 15 heavy (non-hydrogen) atoms. The fraction of sp³-hybridized carbons (Fsp3) is 1.00. The molecular weight excluding hydrogens is 184 g/mol. The van der Waals surface area contributed by atoms with Crippen molar-refractivity contribution in [3.05, 3.63) is 0 Å². The van der Waals surface area contributed by atoms with Crippen molar-refractivity contribution in [3.8, 4) is 0 Å². The van der Waals surface area contributed by atoms with Gasteiger partial charge in [-0.2, -0.15) is 0 Å². The summed E-state index contributed by atoms with van der Waals surface area (Å²) in [4.78, 5) is 2.44. The highest BCUT2D eigenvalue weighted by molar-refractivity contribution is 4.93. The fourth-order valence-corrected chi connectivity index (χ4v) is 3.13. The molecule has 2 atom stereocenters. The van der Waals surface area contributed by atoms with Crippen LogP contribution in [0.2, 0.25) is 0 Å². The molecule has 0 aliphatic heterocycles. The van der Waals surface area contributed by atoms with E-state index in [9.17, 15) is 0 Å². The second-order valence-electron chi connectivity index (χ2n) is 5.76. The monoisotopic (exact) mass is 212 g/mol. The zero-order chi connectivity index (χ0) is 11.5. The summed E-state index contributed by atoms with van der Waals surface area (Å²) in [6.07, 6.45) is 4.15. The molecule has 90 valence electrons. The summed E-state index contributed by atoms with van der Waals surface area (Å²) >= 11 is 0. The minimum Gasteiger partial charge on any atom is -0.316 e. The van der Waals surface area contributed by atoms with Gasteiger partial charge in [0.05, 0.1) is 0 Å². The zero-order valence-electron chi connectivity index (χ0n) is 11.1. The average Bonchev–Trinajstić information content (AvgIpc) is 2.16. The first-order chi connectivity index (χ1) is 7.01. The van der Waals surface area contributed by atoms with Crippen LogP contribution < -0.4 is 5.32 Å². The Morgan fingerprint density at radius 1 is 1.40 bits per heavy atom. The van der Waals surface area contributed by atoms with Crippen LogP contribution in [0.1, 0.15) is 40.0 Å². The zero-order valence-corrected chi connectivity index (χ0v) is 11.1. The lowest BCUT2D eigenvalue weighted by Crippen LogP contribution is -2.51. The molecule has 2 nitrogen and oxygen atoms in total.